The first-order chi connectivity index (χ1) is 12.0. The highest BCUT2D eigenvalue weighted by Gasteiger charge is 2.30. The molecule has 0 aromatic heterocycles. The molecule has 1 unspecified atom stereocenters. The van der Waals surface area contributed by atoms with Gasteiger partial charge in [-0.1, -0.05) is 50.6 Å². The third-order valence-electron chi connectivity index (χ3n) is 5.15. The van der Waals surface area contributed by atoms with Crippen LogP contribution in [0.3, 0.4) is 0 Å². The van der Waals surface area contributed by atoms with E-state index in [2.05, 4.69) is 43.2 Å². The molecular formula is C20H29N3OS. The van der Waals surface area contributed by atoms with E-state index in [0.717, 1.165) is 16.6 Å². The Hall–Kier alpha value is -1.49. The van der Waals surface area contributed by atoms with Crippen molar-refractivity contribution in [1.29, 1.82) is 0 Å². The molecule has 4 nitrogen and oxygen atoms in total. The number of thioether (sulfide) groups is 1. The van der Waals surface area contributed by atoms with Gasteiger partial charge in [0, 0.05) is 31.0 Å². The Balaban J connectivity index is 1.52. The number of rotatable bonds is 5. The van der Waals surface area contributed by atoms with E-state index in [1.54, 1.807) is 11.8 Å². The van der Waals surface area contributed by atoms with Crippen molar-refractivity contribution < 1.29 is 4.79 Å². The van der Waals surface area contributed by atoms with Gasteiger partial charge in [0.05, 0.1) is 6.04 Å². The molecule has 1 heterocycles. The van der Waals surface area contributed by atoms with Crippen LogP contribution in [0.15, 0.2) is 29.3 Å². The van der Waals surface area contributed by atoms with E-state index in [4.69, 9.17) is 4.99 Å². The van der Waals surface area contributed by atoms with Crippen molar-refractivity contribution in [3.05, 3.63) is 29.8 Å². The van der Waals surface area contributed by atoms with Crippen LogP contribution in [0.5, 0.6) is 0 Å². The van der Waals surface area contributed by atoms with Crippen molar-refractivity contribution in [2.24, 2.45) is 4.99 Å². The first-order valence-electron chi connectivity index (χ1n) is 9.36. The van der Waals surface area contributed by atoms with Gasteiger partial charge < -0.3 is 10.2 Å². The van der Waals surface area contributed by atoms with E-state index in [0.29, 0.717) is 18.4 Å². The molecule has 5 heteroatoms. The number of aliphatic imine (C=N–C) groups is 1. The Morgan fingerprint density at radius 3 is 2.60 bits per heavy atom. The summed E-state index contributed by atoms with van der Waals surface area (Å²) in [6, 6.07) is 8.90. The van der Waals surface area contributed by atoms with E-state index >= 15 is 0 Å². The SMILES string of the molecule is CC(C)c1ccc(NC(=O)CC2CSC(=NC3CCCC3)N2C)cc1. The highest BCUT2D eigenvalue weighted by atomic mass is 32.2. The molecular weight excluding hydrogens is 330 g/mol. The molecule has 0 radical (unpaired) electrons. The van der Waals surface area contributed by atoms with Gasteiger partial charge in [-0.15, -0.1) is 0 Å². The Kier molecular flexibility index (Phi) is 6.05. The zero-order valence-corrected chi connectivity index (χ0v) is 16.3. The van der Waals surface area contributed by atoms with Crippen molar-refractivity contribution in [2.45, 2.75) is 64.0 Å². The van der Waals surface area contributed by atoms with Gasteiger partial charge >= 0.3 is 0 Å². The summed E-state index contributed by atoms with van der Waals surface area (Å²) in [6.07, 6.45) is 5.55. The van der Waals surface area contributed by atoms with Crippen molar-refractivity contribution in [1.82, 2.24) is 4.90 Å². The highest BCUT2D eigenvalue weighted by molar-refractivity contribution is 8.14. The van der Waals surface area contributed by atoms with Gasteiger partial charge in [-0.2, -0.15) is 0 Å². The van der Waals surface area contributed by atoms with E-state index in [1.165, 1.54) is 31.2 Å². The molecule has 1 aromatic rings. The second-order valence-corrected chi connectivity index (χ2v) is 8.44. The van der Waals surface area contributed by atoms with Crippen LogP contribution in [0.1, 0.15) is 57.4 Å². The summed E-state index contributed by atoms with van der Waals surface area (Å²) < 4.78 is 0. The van der Waals surface area contributed by atoms with E-state index in [1.807, 2.05) is 12.1 Å². The third-order valence-corrected chi connectivity index (χ3v) is 6.36. The number of amides is 1. The summed E-state index contributed by atoms with van der Waals surface area (Å²) >= 11 is 1.79. The van der Waals surface area contributed by atoms with Crippen LogP contribution < -0.4 is 5.32 Å². The zero-order chi connectivity index (χ0) is 17.8. The lowest BCUT2D eigenvalue weighted by Gasteiger charge is -2.21. The Morgan fingerprint density at radius 2 is 1.96 bits per heavy atom. The lowest BCUT2D eigenvalue weighted by molar-refractivity contribution is -0.116. The van der Waals surface area contributed by atoms with Crippen LogP contribution in [0.2, 0.25) is 0 Å². The molecule has 2 fully saturated rings. The predicted molar refractivity (Wildman–Crippen MR) is 107 cm³/mol. The normalized spacial score (nSPS) is 23.0. The first-order valence-corrected chi connectivity index (χ1v) is 10.3. The van der Waals surface area contributed by atoms with Crippen molar-refractivity contribution in [3.63, 3.8) is 0 Å². The van der Waals surface area contributed by atoms with Gasteiger partial charge in [-0.25, -0.2) is 0 Å². The molecule has 1 aliphatic heterocycles. The number of hydrogen-bond acceptors (Lipinski definition) is 3. The van der Waals surface area contributed by atoms with Crippen LogP contribution in [0.4, 0.5) is 5.69 Å². The fourth-order valence-corrected chi connectivity index (χ4v) is 4.69. The molecule has 1 amide bonds. The minimum Gasteiger partial charge on any atom is -0.350 e. The molecule has 0 spiro atoms. The highest BCUT2D eigenvalue weighted by Crippen LogP contribution is 2.29. The van der Waals surface area contributed by atoms with Gasteiger partial charge in [0.1, 0.15) is 0 Å². The third kappa shape index (κ3) is 4.78. The Morgan fingerprint density at radius 1 is 1.28 bits per heavy atom. The van der Waals surface area contributed by atoms with Gasteiger partial charge in [0.25, 0.3) is 0 Å². The number of carbonyl (C=O) groups excluding carboxylic acids is 1. The quantitative estimate of drug-likeness (QED) is 0.843. The van der Waals surface area contributed by atoms with Crippen LogP contribution in [-0.2, 0) is 4.79 Å². The number of hydrogen-bond donors (Lipinski definition) is 1. The number of amidine groups is 1. The van der Waals surface area contributed by atoms with Gasteiger partial charge in [-0.3, -0.25) is 9.79 Å². The van der Waals surface area contributed by atoms with Crippen LogP contribution in [-0.4, -0.2) is 40.9 Å². The predicted octanol–water partition coefficient (Wildman–Crippen LogP) is 4.48. The molecule has 2 aliphatic rings. The molecule has 1 atom stereocenters. The maximum Gasteiger partial charge on any atom is 0.226 e. The molecule has 1 aliphatic carbocycles. The van der Waals surface area contributed by atoms with Crippen LogP contribution >= 0.6 is 11.8 Å². The van der Waals surface area contributed by atoms with Crippen molar-refractivity contribution in [2.75, 3.05) is 18.1 Å². The average molecular weight is 360 g/mol. The number of anilines is 1. The topological polar surface area (TPSA) is 44.7 Å². The fourth-order valence-electron chi connectivity index (χ4n) is 3.43. The summed E-state index contributed by atoms with van der Waals surface area (Å²) in [6.45, 7) is 4.35. The summed E-state index contributed by atoms with van der Waals surface area (Å²) in [7, 11) is 2.07. The first kappa shape index (κ1) is 18.3. The van der Waals surface area contributed by atoms with Crippen LogP contribution in [0.25, 0.3) is 0 Å². The van der Waals surface area contributed by atoms with Gasteiger partial charge in [0.2, 0.25) is 5.91 Å². The minimum absolute atomic E-state index is 0.0804. The van der Waals surface area contributed by atoms with E-state index in [-0.39, 0.29) is 11.9 Å². The maximum atomic E-state index is 12.4. The molecule has 3 rings (SSSR count). The molecule has 136 valence electrons. The van der Waals surface area contributed by atoms with E-state index in [9.17, 15) is 4.79 Å². The Labute approximate surface area is 155 Å². The second-order valence-electron chi connectivity index (χ2n) is 7.45. The summed E-state index contributed by atoms with van der Waals surface area (Å²) in [4.78, 5) is 19.5. The molecule has 1 aromatic carbocycles. The van der Waals surface area contributed by atoms with Crippen molar-refractivity contribution in [3.8, 4) is 0 Å². The lowest BCUT2D eigenvalue weighted by Crippen LogP contribution is -2.34. The van der Waals surface area contributed by atoms with Gasteiger partial charge in [-0.05, 0) is 36.5 Å². The maximum absolute atomic E-state index is 12.4. The van der Waals surface area contributed by atoms with Crippen LogP contribution in [0, 0.1) is 0 Å². The van der Waals surface area contributed by atoms with Gasteiger partial charge in [0.15, 0.2) is 5.17 Å². The number of carbonyl (C=O) groups is 1. The molecule has 25 heavy (non-hydrogen) atoms. The van der Waals surface area contributed by atoms with Crippen molar-refractivity contribution >= 4 is 28.5 Å². The zero-order valence-electron chi connectivity index (χ0n) is 15.5. The minimum atomic E-state index is 0.0804. The lowest BCUT2D eigenvalue weighted by atomic mass is 10.0. The standard InChI is InChI=1S/C20H29N3OS/c1-14(2)15-8-10-17(11-9-15)21-19(24)12-18-13-25-20(23(18)3)22-16-6-4-5-7-16/h8-11,14,16,18H,4-7,12-13H2,1-3H3,(H,21,24). The second kappa shape index (κ2) is 8.26. The number of nitrogens with zero attached hydrogens (tertiary/aromatic N) is 2. The molecule has 1 N–H and O–H groups in total. The monoisotopic (exact) mass is 359 g/mol. The number of benzene rings is 1. The number of nitrogens with one attached hydrogen (secondary N) is 1. The molecule has 1 saturated carbocycles. The molecule has 0 bridgehead atoms. The largest absolute Gasteiger partial charge is 0.350 e. The fraction of sp³-hybridized carbons (Fsp3) is 0.600. The summed E-state index contributed by atoms with van der Waals surface area (Å²) in [5, 5.41) is 4.15. The summed E-state index contributed by atoms with van der Waals surface area (Å²) in [5.74, 6) is 1.53. The summed E-state index contributed by atoms with van der Waals surface area (Å²) in [5.41, 5.74) is 2.17. The Bertz CT molecular complexity index is 620. The molecule has 1 saturated heterocycles. The smallest absolute Gasteiger partial charge is 0.226 e. The average Bonchev–Trinajstić information content (AvgIpc) is 3.21. The van der Waals surface area contributed by atoms with E-state index < -0.39 is 0 Å².